The van der Waals surface area contributed by atoms with Crippen LogP contribution in [0.3, 0.4) is 0 Å². The number of hydrogen-bond acceptors (Lipinski definition) is 9. The normalized spacial score (nSPS) is 15.7. The monoisotopic (exact) mass is 535 g/mol. The molecule has 0 aliphatic carbocycles. The molecule has 2 aromatic heterocycles. The van der Waals surface area contributed by atoms with E-state index >= 15 is 0 Å². The van der Waals surface area contributed by atoms with Crippen LogP contribution in [-0.2, 0) is 4.79 Å². The number of anilines is 1. The molecule has 3 heterocycles. The molecule has 5 rings (SSSR count). The summed E-state index contributed by atoms with van der Waals surface area (Å²) in [6.07, 6.45) is 0. The summed E-state index contributed by atoms with van der Waals surface area (Å²) in [6, 6.07) is 8.22. The molecule has 190 valence electrons. The number of aliphatic hydroxyl groups excluding tert-OH is 1. The number of hydrogen-bond donors (Lipinski definition) is 1. The van der Waals surface area contributed by atoms with Gasteiger partial charge in [-0.3, -0.25) is 14.5 Å². The number of aryl methyl sites for hydroxylation is 4. The minimum Gasteiger partial charge on any atom is -0.503 e. The van der Waals surface area contributed by atoms with Crippen molar-refractivity contribution in [1.29, 1.82) is 0 Å². The van der Waals surface area contributed by atoms with Crippen LogP contribution in [-0.4, -0.2) is 41.0 Å². The van der Waals surface area contributed by atoms with Gasteiger partial charge in [0.05, 0.1) is 45.6 Å². The van der Waals surface area contributed by atoms with Crippen LogP contribution < -0.4 is 14.4 Å². The van der Waals surface area contributed by atoms with Crippen molar-refractivity contribution in [1.82, 2.24) is 9.97 Å². The molecule has 1 aliphatic heterocycles. The Hall–Kier alpha value is -3.76. The summed E-state index contributed by atoms with van der Waals surface area (Å²) in [6.45, 7) is 7.52. The Labute approximate surface area is 221 Å². The standard InChI is InChI=1S/C27H25N3O5S2/c1-12-9-13(2)21-19(10-12)37-27(29-21)30-22(17-8-7-16(34-5)11-18(17)35-6)20(24(32)26(30)33)23(31)25-14(3)28-15(4)36-25/h7-11,22,32H,1-6H3. The number of carbonyl (C=O) groups excluding carboxylic acids is 2. The number of thiazole rings is 2. The Morgan fingerprint density at radius 2 is 1.78 bits per heavy atom. The summed E-state index contributed by atoms with van der Waals surface area (Å²) in [5.74, 6) is -0.790. The first kappa shape index (κ1) is 24.9. The van der Waals surface area contributed by atoms with Gasteiger partial charge in [0.2, 0.25) is 5.78 Å². The number of fused-ring (bicyclic) bond motifs is 1. The Kier molecular flexibility index (Phi) is 6.25. The molecule has 1 unspecified atom stereocenters. The van der Waals surface area contributed by atoms with Crippen LogP contribution in [0, 0.1) is 27.7 Å². The van der Waals surface area contributed by atoms with Gasteiger partial charge >= 0.3 is 0 Å². The van der Waals surface area contributed by atoms with Gasteiger partial charge in [-0.05, 0) is 57.0 Å². The lowest BCUT2D eigenvalue weighted by Crippen LogP contribution is -2.31. The number of carbonyl (C=O) groups is 2. The van der Waals surface area contributed by atoms with Crippen molar-refractivity contribution in [3.63, 3.8) is 0 Å². The van der Waals surface area contributed by atoms with Gasteiger partial charge < -0.3 is 14.6 Å². The van der Waals surface area contributed by atoms with E-state index < -0.39 is 23.5 Å². The van der Waals surface area contributed by atoms with E-state index in [-0.39, 0.29) is 5.57 Å². The number of ether oxygens (including phenoxy) is 2. The average molecular weight is 536 g/mol. The quantitative estimate of drug-likeness (QED) is 0.312. The Morgan fingerprint density at radius 1 is 1.03 bits per heavy atom. The zero-order valence-corrected chi connectivity index (χ0v) is 22.8. The molecule has 0 saturated heterocycles. The molecule has 2 aromatic carbocycles. The number of aromatic nitrogens is 2. The minimum atomic E-state index is -0.968. The highest BCUT2D eigenvalue weighted by molar-refractivity contribution is 7.22. The summed E-state index contributed by atoms with van der Waals surface area (Å²) in [4.78, 5) is 38.4. The molecule has 0 saturated carbocycles. The number of aliphatic hydroxyl groups is 1. The molecule has 0 fully saturated rings. The van der Waals surface area contributed by atoms with Crippen molar-refractivity contribution in [3.05, 3.63) is 73.9 Å². The maximum Gasteiger partial charge on any atom is 0.296 e. The Balaban J connectivity index is 1.74. The second-order valence-electron chi connectivity index (χ2n) is 8.85. The van der Waals surface area contributed by atoms with E-state index in [0.717, 1.165) is 26.4 Å². The lowest BCUT2D eigenvalue weighted by molar-refractivity contribution is -0.117. The summed E-state index contributed by atoms with van der Waals surface area (Å²) < 4.78 is 11.9. The summed E-state index contributed by atoms with van der Waals surface area (Å²) >= 11 is 2.56. The minimum absolute atomic E-state index is 0.0348. The summed E-state index contributed by atoms with van der Waals surface area (Å²) in [5, 5.41) is 12.2. The van der Waals surface area contributed by atoms with Crippen LogP contribution in [0.1, 0.15) is 43.1 Å². The summed E-state index contributed by atoms with van der Waals surface area (Å²) in [5.41, 5.74) is 3.86. The van der Waals surface area contributed by atoms with Gasteiger partial charge in [0, 0.05) is 11.6 Å². The van der Waals surface area contributed by atoms with E-state index in [1.165, 1.54) is 34.7 Å². The molecule has 1 atom stereocenters. The van der Waals surface area contributed by atoms with Crippen molar-refractivity contribution in [2.75, 3.05) is 19.1 Å². The number of Topliss-reactive ketones (excluding diaryl/α,β-unsaturated/α-hetero) is 1. The SMILES string of the molecule is COc1ccc(C2C(C(=O)c3sc(C)nc3C)=C(O)C(=O)N2c2nc3c(C)cc(C)cc3s2)c(OC)c1. The van der Waals surface area contributed by atoms with Gasteiger partial charge in [-0.2, -0.15) is 0 Å². The zero-order valence-electron chi connectivity index (χ0n) is 21.2. The highest BCUT2D eigenvalue weighted by Gasteiger charge is 2.47. The van der Waals surface area contributed by atoms with Crippen LogP contribution >= 0.6 is 22.7 Å². The predicted octanol–water partition coefficient (Wildman–Crippen LogP) is 5.79. The molecule has 37 heavy (non-hydrogen) atoms. The van der Waals surface area contributed by atoms with Crippen molar-refractivity contribution in [2.24, 2.45) is 0 Å². The van der Waals surface area contributed by atoms with E-state index in [1.54, 1.807) is 32.2 Å². The van der Waals surface area contributed by atoms with Gasteiger partial charge in [-0.25, -0.2) is 9.97 Å². The lowest BCUT2D eigenvalue weighted by atomic mass is 9.94. The Morgan fingerprint density at radius 3 is 2.43 bits per heavy atom. The number of rotatable bonds is 6. The maximum absolute atomic E-state index is 13.9. The number of ketones is 1. The van der Waals surface area contributed by atoms with Crippen LogP contribution in [0.15, 0.2) is 41.7 Å². The van der Waals surface area contributed by atoms with E-state index in [0.29, 0.717) is 32.8 Å². The molecule has 0 radical (unpaired) electrons. The molecule has 8 nitrogen and oxygen atoms in total. The van der Waals surface area contributed by atoms with Gasteiger partial charge in [0.15, 0.2) is 10.9 Å². The number of methoxy groups -OCH3 is 2. The average Bonchev–Trinajstić information content (AvgIpc) is 3.51. The van der Waals surface area contributed by atoms with Crippen LogP contribution in [0.4, 0.5) is 5.13 Å². The van der Waals surface area contributed by atoms with Gasteiger partial charge in [0.25, 0.3) is 5.91 Å². The second kappa shape index (κ2) is 9.28. The summed E-state index contributed by atoms with van der Waals surface area (Å²) in [7, 11) is 3.05. The zero-order chi connectivity index (χ0) is 26.6. The van der Waals surface area contributed by atoms with E-state index in [1.807, 2.05) is 32.9 Å². The fourth-order valence-electron chi connectivity index (χ4n) is 4.70. The van der Waals surface area contributed by atoms with Gasteiger partial charge in [-0.1, -0.05) is 17.4 Å². The molecule has 10 heteroatoms. The topological polar surface area (TPSA) is 102 Å². The molecule has 1 N–H and O–H groups in total. The third-order valence-electron chi connectivity index (χ3n) is 6.32. The molecule has 0 bridgehead atoms. The van der Waals surface area contributed by atoms with E-state index in [4.69, 9.17) is 14.5 Å². The smallest absolute Gasteiger partial charge is 0.296 e. The fraction of sp³-hybridized carbons (Fsp3) is 0.259. The molecular weight excluding hydrogens is 510 g/mol. The number of nitrogens with zero attached hydrogens (tertiary/aromatic N) is 3. The number of benzene rings is 2. The first-order valence-electron chi connectivity index (χ1n) is 11.5. The molecule has 1 aliphatic rings. The van der Waals surface area contributed by atoms with Crippen LogP contribution in [0.25, 0.3) is 10.2 Å². The molecule has 1 amide bonds. The van der Waals surface area contributed by atoms with Crippen molar-refractivity contribution in [3.8, 4) is 11.5 Å². The number of amides is 1. The predicted molar refractivity (Wildman–Crippen MR) is 144 cm³/mol. The second-order valence-corrected chi connectivity index (χ2v) is 11.1. The van der Waals surface area contributed by atoms with Crippen LogP contribution in [0.5, 0.6) is 11.5 Å². The fourth-order valence-corrected chi connectivity index (χ4v) is 6.74. The largest absolute Gasteiger partial charge is 0.503 e. The highest BCUT2D eigenvalue weighted by Crippen LogP contribution is 2.47. The highest BCUT2D eigenvalue weighted by atomic mass is 32.1. The van der Waals surface area contributed by atoms with Crippen LogP contribution in [0.2, 0.25) is 0 Å². The first-order valence-corrected chi connectivity index (χ1v) is 13.1. The molecule has 4 aromatic rings. The third-order valence-corrected chi connectivity index (χ3v) is 8.40. The maximum atomic E-state index is 13.9. The van der Waals surface area contributed by atoms with E-state index in [2.05, 4.69) is 4.98 Å². The van der Waals surface area contributed by atoms with Gasteiger partial charge in [-0.15, -0.1) is 11.3 Å². The third kappa shape index (κ3) is 4.06. The van der Waals surface area contributed by atoms with Gasteiger partial charge in [0.1, 0.15) is 17.5 Å². The first-order chi connectivity index (χ1) is 17.6. The molecular formula is C27H25N3O5S2. The molecule has 0 spiro atoms. The van der Waals surface area contributed by atoms with Crippen molar-refractivity contribution in [2.45, 2.75) is 33.7 Å². The van der Waals surface area contributed by atoms with Crippen molar-refractivity contribution >= 4 is 49.7 Å². The van der Waals surface area contributed by atoms with E-state index in [9.17, 15) is 14.7 Å². The Bertz CT molecular complexity index is 1620. The lowest BCUT2D eigenvalue weighted by Gasteiger charge is -2.26. The van der Waals surface area contributed by atoms with Crippen molar-refractivity contribution < 1.29 is 24.2 Å².